The van der Waals surface area contributed by atoms with Crippen molar-refractivity contribution in [1.82, 2.24) is 9.88 Å². The van der Waals surface area contributed by atoms with Crippen molar-refractivity contribution in [2.24, 2.45) is 4.99 Å². The summed E-state index contributed by atoms with van der Waals surface area (Å²) in [5, 5.41) is 1.01. The van der Waals surface area contributed by atoms with Gasteiger partial charge in [-0.3, -0.25) is 9.69 Å². The number of amides is 1. The number of pyridine rings is 1. The number of halogens is 1. The first kappa shape index (κ1) is 24.6. The molecule has 1 aromatic heterocycles. The second-order valence-corrected chi connectivity index (χ2v) is 10.5. The van der Waals surface area contributed by atoms with Gasteiger partial charge in [0.25, 0.3) is 5.91 Å². The average Bonchev–Trinajstić information content (AvgIpc) is 3.20. The maximum atomic E-state index is 13.5. The van der Waals surface area contributed by atoms with Crippen LogP contribution in [0.1, 0.15) is 48.8 Å². The smallest absolute Gasteiger partial charge is 0.267 e. The molecule has 36 heavy (non-hydrogen) atoms. The third-order valence-electron chi connectivity index (χ3n) is 6.44. The predicted molar refractivity (Wildman–Crippen MR) is 148 cm³/mol. The summed E-state index contributed by atoms with van der Waals surface area (Å²) in [7, 11) is 0. The highest BCUT2D eigenvalue weighted by molar-refractivity contribution is 8.18. The second kappa shape index (κ2) is 11.3. The Morgan fingerprint density at radius 3 is 2.56 bits per heavy atom. The zero-order valence-electron chi connectivity index (χ0n) is 20.2. The van der Waals surface area contributed by atoms with Crippen LogP contribution in [0.25, 0.3) is 6.08 Å². The summed E-state index contributed by atoms with van der Waals surface area (Å²) in [5.74, 6) is 0.797. The molecule has 2 fully saturated rings. The zero-order chi connectivity index (χ0) is 24.9. The number of aromatic nitrogens is 1. The molecule has 0 spiro atoms. The first-order chi connectivity index (χ1) is 17.6. The molecule has 7 heteroatoms. The van der Waals surface area contributed by atoms with Crippen LogP contribution in [0.2, 0.25) is 5.15 Å². The van der Waals surface area contributed by atoms with Gasteiger partial charge in [0.2, 0.25) is 0 Å². The summed E-state index contributed by atoms with van der Waals surface area (Å²) in [6.45, 7) is 2.59. The molecule has 0 unspecified atom stereocenters. The van der Waals surface area contributed by atoms with Crippen LogP contribution < -0.4 is 4.74 Å². The maximum absolute atomic E-state index is 13.5. The van der Waals surface area contributed by atoms with Crippen molar-refractivity contribution < 1.29 is 9.53 Å². The lowest BCUT2D eigenvalue weighted by Gasteiger charge is -2.30. The summed E-state index contributed by atoms with van der Waals surface area (Å²) < 4.78 is 5.93. The van der Waals surface area contributed by atoms with E-state index in [1.165, 1.54) is 23.7 Å². The second-order valence-electron chi connectivity index (χ2n) is 9.13. The lowest BCUT2D eigenvalue weighted by molar-refractivity contribution is -0.124. The number of aryl methyl sites for hydroxylation is 1. The number of ether oxygens (including phenoxy) is 1. The van der Waals surface area contributed by atoms with Crippen LogP contribution in [0.3, 0.4) is 0 Å². The van der Waals surface area contributed by atoms with E-state index in [4.69, 9.17) is 21.3 Å². The van der Waals surface area contributed by atoms with Gasteiger partial charge in [-0.05, 0) is 73.0 Å². The van der Waals surface area contributed by atoms with Crippen LogP contribution in [-0.4, -0.2) is 27.0 Å². The van der Waals surface area contributed by atoms with Crippen molar-refractivity contribution in [1.29, 1.82) is 0 Å². The van der Waals surface area contributed by atoms with Gasteiger partial charge in [0.05, 0.1) is 4.91 Å². The minimum absolute atomic E-state index is 0.00496. The predicted octanol–water partition coefficient (Wildman–Crippen LogP) is 7.56. The molecular formula is C29H28ClN3O2S. The molecule has 2 aliphatic rings. The lowest BCUT2D eigenvalue weighted by atomic mass is 9.94. The van der Waals surface area contributed by atoms with Gasteiger partial charge in [0.15, 0.2) is 10.3 Å². The van der Waals surface area contributed by atoms with Crippen LogP contribution in [0.4, 0.5) is 5.69 Å². The molecule has 5 rings (SSSR count). The Kier molecular flexibility index (Phi) is 7.73. The number of benzene rings is 2. The SMILES string of the molecule is Cc1ccc(COc2ccc(/C=C3\SC(=Nc4cccnc4Cl)N(C4CCCCC4)C3=O)cc2)cc1. The number of aliphatic imine (C=N–C) groups is 1. The Labute approximate surface area is 221 Å². The third-order valence-corrected chi connectivity index (χ3v) is 7.71. The molecule has 5 nitrogen and oxygen atoms in total. The van der Waals surface area contributed by atoms with Crippen molar-refractivity contribution >= 4 is 46.2 Å². The third kappa shape index (κ3) is 5.82. The lowest BCUT2D eigenvalue weighted by Crippen LogP contribution is -2.40. The number of carbonyl (C=O) groups is 1. The summed E-state index contributed by atoms with van der Waals surface area (Å²) in [4.78, 5) is 24.9. The van der Waals surface area contributed by atoms with Gasteiger partial charge in [-0.15, -0.1) is 0 Å². The number of thioether (sulfide) groups is 1. The van der Waals surface area contributed by atoms with Crippen molar-refractivity contribution in [2.75, 3.05) is 0 Å². The van der Waals surface area contributed by atoms with Gasteiger partial charge in [0, 0.05) is 12.2 Å². The van der Waals surface area contributed by atoms with Crippen molar-refractivity contribution in [3.05, 3.63) is 93.6 Å². The normalized spacial score (nSPS) is 18.8. The van der Waals surface area contributed by atoms with E-state index in [0.717, 1.165) is 42.6 Å². The van der Waals surface area contributed by atoms with Gasteiger partial charge in [0.1, 0.15) is 18.0 Å². The molecule has 0 radical (unpaired) electrons. The number of hydrogen-bond donors (Lipinski definition) is 0. The highest BCUT2D eigenvalue weighted by Gasteiger charge is 2.38. The highest BCUT2D eigenvalue weighted by Crippen LogP contribution is 2.39. The fourth-order valence-corrected chi connectivity index (χ4v) is 5.67. The van der Waals surface area contributed by atoms with E-state index < -0.39 is 0 Å². The standard InChI is InChI=1S/C29H28ClN3O2S/c1-20-9-11-22(12-10-20)19-35-24-15-13-21(14-16-24)18-26-28(34)33(23-6-3-2-4-7-23)29(36-26)32-25-8-5-17-31-27(25)30/h5,8-18,23H,2-4,6-7,19H2,1H3/b26-18-,32-29?. The van der Waals surface area contributed by atoms with Crippen LogP contribution in [-0.2, 0) is 11.4 Å². The topological polar surface area (TPSA) is 54.8 Å². The fourth-order valence-electron chi connectivity index (χ4n) is 4.45. The van der Waals surface area contributed by atoms with Crippen LogP contribution in [0, 0.1) is 6.92 Å². The van der Waals surface area contributed by atoms with E-state index in [0.29, 0.717) is 27.5 Å². The molecule has 0 bridgehead atoms. The first-order valence-corrected chi connectivity index (χ1v) is 13.5. The highest BCUT2D eigenvalue weighted by atomic mass is 35.5. The van der Waals surface area contributed by atoms with Crippen molar-refractivity contribution in [3.8, 4) is 5.75 Å². The molecule has 2 heterocycles. The Morgan fingerprint density at radius 1 is 1.08 bits per heavy atom. The molecule has 0 N–H and O–H groups in total. The maximum Gasteiger partial charge on any atom is 0.267 e. The molecule has 1 amide bonds. The van der Waals surface area contributed by atoms with Crippen molar-refractivity contribution in [3.63, 3.8) is 0 Å². The molecule has 1 aliphatic carbocycles. The molecule has 0 atom stereocenters. The Bertz CT molecular complexity index is 1280. The van der Waals surface area contributed by atoms with Gasteiger partial charge in [-0.25, -0.2) is 9.98 Å². The average molecular weight is 518 g/mol. The molecule has 1 saturated carbocycles. The summed E-state index contributed by atoms with van der Waals surface area (Å²) in [6, 6.07) is 19.9. The number of amidine groups is 1. The first-order valence-electron chi connectivity index (χ1n) is 12.3. The van der Waals surface area contributed by atoms with E-state index in [9.17, 15) is 4.79 Å². The van der Waals surface area contributed by atoms with E-state index >= 15 is 0 Å². The Morgan fingerprint density at radius 2 is 1.83 bits per heavy atom. The van der Waals surface area contributed by atoms with Gasteiger partial charge < -0.3 is 4.74 Å². The Hall–Kier alpha value is -3.09. The van der Waals surface area contributed by atoms with Crippen LogP contribution >= 0.6 is 23.4 Å². The molecule has 184 valence electrons. The summed E-state index contributed by atoms with van der Waals surface area (Å²) in [6.07, 6.45) is 9.02. The van der Waals surface area contributed by atoms with Gasteiger partial charge in [-0.1, -0.05) is 72.8 Å². The number of hydrogen-bond acceptors (Lipinski definition) is 5. The van der Waals surface area contributed by atoms with Gasteiger partial charge >= 0.3 is 0 Å². The largest absolute Gasteiger partial charge is 0.489 e. The molecule has 1 aliphatic heterocycles. The quantitative estimate of drug-likeness (QED) is 0.250. The van der Waals surface area contributed by atoms with E-state index in [2.05, 4.69) is 36.2 Å². The van der Waals surface area contributed by atoms with E-state index in [1.54, 1.807) is 12.3 Å². The minimum Gasteiger partial charge on any atom is -0.489 e. The fraction of sp³-hybridized carbons (Fsp3) is 0.276. The van der Waals surface area contributed by atoms with Crippen molar-refractivity contribution in [2.45, 2.75) is 51.7 Å². The van der Waals surface area contributed by atoms with Crippen LogP contribution in [0.15, 0.2) is 76.8 Å². The monoisotopic (exact) mass is 517 g/mol. The summed E-state index contributed by atoms with van der Waals surface area (Å²) >= 11 is 7.67. The number of nitrogens with zero attached hydrogens (tertiary/aromatic N) is 3. The molecular weight excluding hydrogens is 490 g/mol. The Balaban J connectivity index is 1.35. The minimum atomic E-state index is 0.00496. The van der Waals surface area contributed by atoms with E-state index in [1.807, 2.05) is 41.3 Å². The number of carbonyl (C=O) groups excluding carboxylic acids is 1. The van der Waals surface area contributed by atoms with Gasteiger partial charge in [-0.2, -0.15) is 0 Å². The molecule has 2 aromatic carbocycles. The molecule has 3 aromatic rings. The molecule has 1 saturated heterocycles. The zero-order valence-corrected chi connectivity index (χ0v) is 21.8. The van der Waals surface area contributed by atoms with E-state index in [-0.39, 0.29) is 11.9 Å². The number of rotatable bonds is 6. The summed E-state index contributed by atoms with van der Waals surface area (Å²) in [5.41, 5.74) is 3.88. The van der Waals surface area contributed by atoms with Crippen LogP contribution in [0.5, 0.6) is 5.75 Å².